The Morgan fingerprint density at radius 3 is 1.29 bits per heavy atom. The molecule has 0 unspecified atom stereocenters. The Morgan fingerprint density at radius 1 is 0.329 bits per heavy atom. The Balaban J connectivity index is 1.07. The molecule has 0 N–H and O–H groups in total. The molecular formula is C63H43N4O2P. The second-order valence-electron chi connectivity index (χ2n) is 17.1. The van der Waals surface area contributed by atoms with Crippen LogP contribution >= 0.6 is 7.14 Å². The third-order valence-corrected chi connectivity index (χ3v) is 15.9. The maximum Gasteiger partial charge on any atom is 0.171 e. The van der Waals surface area contributed by atoms with Crippen molar-refractivity contribution in [3.8, 4) is 56.4 Å². The maximum atomic E-state index is 15.6. The van der Waals surface area contributed by atoms with E-state index in [4.69, 9.17) is 19.4 Å². The number of aromatic nitrogens is 3. The molecule has 0 saturated heterocycles. The molecule has 0 saturated carbocycles. The summed E-state index contributed by atoms with van der Waals surface area (Å²) in [6.45, 7) is 0. The molecule has 0 spiro atoms. The van der Waals surface area contributed by atoms with Gasteiger partial charge in [-0.15, -0.1) is 0 Å². The molecule has 2 heterocycles. The quantitative estimate of drug-likeness (QED) is 0.120. The normalized spacial score (nSPS) is 11.5. The summed E-state index contributed by atoms with van der Waals surface area (Å²) in [5.74, 6) is 1.43. The molecule has 12 rings (SSSR count). The number of hydrogen-bond acceptors (Lipinski definition) is 6. The number of rotatable bonds is 11. The molecular weight excluding hydrogens is 876 g/mol. The largest absolute Gasteiger partial charge is 0.456 e. The van der Waals surface area contributed by atoms with Gasteiger partial charge in [-0.3, -0.25) is 0 Å². The van der Waals surface area contributed by atoms with Crippen LogP contribution in [0.15, 0.2) is 265 Å². The van der Waals surface area contributed by atoms with Gasteiger partial charge in [0, 0.05) is 49.4 Å². The lowest BCUT2D eigenvalue weighted by Gasteiger charge is -2.27. The highest BCUT2D eigenvalue weighted by Crippen LogP contribution is 2.46. The third-order valence-electron chi connectivity index (χ3n) is 12.8. The summed E-state index contributed by atoms with van der Waals surface area (Å²) in [6, 6.07) is 87.9. The predicted octanol–water partition coefficient (Wildman–Crippen LogP) is 15.2. The van der Waals surface area contributed by atoms with E-state index in [1.165, 1.54) is 0 Å². The lowest BCUT2D eigenvalue weighted by Crippen LogP contribution is -2.25. The fourth-order valence-corrected chi connectivity index (χ4v) is 12.0. The first-order chi connectivity index (χ1) is 34.6. The summed E-state index contributed by atoms with van der Waals surface area (Å²) in [6.07, 6.45) is 0. The summed E-state index contributed by atoms with van der Waals surface area (Å²) in [5.41, 5.74) is 11.1. The first kappa shape index (κ1) is 42.4. The smallest absolute Gasteiger partial charge is 0.171 e. The van der Waals surface area contributed by atoms with Crippen LogP contribution in [-0.2, 0) is 4.57 Å². The first-order valence-electron chi connectivity index (χ1n) is 23.3. The Labute approximate surface area is 406 Å². The SMILES string of the molecule is O=P(c1ccccc1)(c1ccccc1)c1cccc(-c2nc(-c3ccccc3)nc(-c3cc(N(c4ccc(-c5ccccc5)cc4)c4ccc(-c5ccccc5)cc4)c4c(c3)oc3ccccc34)n2)c1. The van der Waals surface area contributed by atoms with Gasteiger partial charge in [-0.25, -0.2) is 15.0 Å². The van der Waals surface area contributed by atoms with Crippen LogP contribution in [0, 0.1) is 0 Å². The van der Waals surface area contributed by atoms with Crippen LogP contribution in [0.5, 0.6) is 0 Å². The lowest BCUT2D eigenvalue weighted by molar-refractivity contribution is 0.592. The van der Waals surface area contributed by atoms with E-state index in [1.807, 2.05) is 146 Å². The first-order valence-corrected chi connectivity index (χ1v) is 25.0. The second-order valence-corrected chi connectivity index (χ2v) is 19.9. The van der Waals surface area contributed by atoms with Crippen molar-refractivity contribution in [1.82, 2.24) is 15.0 Å². The van der Waals surface area contributed by atoms with Crippen LogP contribution < -0.4 is 20.8 Å². The molecule has 332 valence electrons. The molecule has 0 atom stereocenters. The van der Waals surface area contributed by atoms with Gasteiger partial charge in [0.1, 0.15) is 11.2 Å². The fraction of sp³-hybridized carbons (Fsp3) is 0. The van der Waals surface area contributed by atoms with Crippen molar-refractivity contribution in [1.29, 1.82) is 0 Å². The van der Waals surface area contributed by atoms with Crippen molar-refractivity contribution in [3.05, 3.63) is 261 Å². The molecule has 0 amide bonds. The van der Waals surface area contributed by atoms with E-state index >= 15 is 4.57 Å². The van der Waals surface area contributed by atoms with Crippen molar-refractivity contribution >= 4 is 62.1 Å². The Bertz CT molecular complexity index is 3700. The van der Waals surface area contributed by atoms with Gasteiger partial charge in [-0.2, -0.15) is 0 Å². The minimum atomic E-state index is -3.31. The van der Waals surface area contributed by atoms with Gasteiger partial charge in [-0.05, 0) is 70.8 Å². The highest BCUT2D eigenvalue weighted by molar-refractivity contribution is 7.85. The lowest BCUT2D eigenvalue weighted by atomic mass is 10.0. The molecule has 0 radical (unpaired) electrons. The molecule has 6 nitrogen and oxygen atoms in total. The molecule has 10 aromatic carbocycles. The van der Waals surface area contributed by atoms with Crippen molar-refractivity contribution in [2.24, 2.45) is 0 Å². The van der Waals surface area contributed by atoms with Crippen LogP contribution in [0.3, 0.4) is 0 Å². The van der Waals surface area contributed by atoms with Gasteiger partial charge >= 0.3 is 0 Å². The van der Waals surface area contributed by atoms with Crippen LogP contribution in [0.2, 0.25) is 0 Å². The van der Waals surface area contributed by atoms with E-state index in [1.54, 1.807) is 0 Å². The molecule has 2 aromatic heterocycles. The summed E-state index contributed by atoms with van der Waals surface area (Å²) >= 11 is 0. The van der Waals surface area contributed by atoms with E-state index in [2.05, 4.69) is 120 Å². The highest BCUT2D eigenvalue weighted by atomic mass is 31.2. The monoisotopic (exact) mass is 918 g/mol. The third kappa shape index (κ3) is 7.96. The van der Waals surface area contributed by atoms with Crippen LogP contribution in [-0.4, -0.2) is 15.0 Å². The van der Waals surface area contributed by atoms with Gasteiger partial charge in [-0.1, -0.05) is 212 Å². The van der Waals surface area contributed by atoms with Crippen LogP contribution in [0.1, 0.15) is 0 Å². The van der Waals surface area contributed by atoms with E-state index < -0.39 is 7.14 Å². The Kier molecular flexibility index (Phi) is 11.1. The number of para-hydroxylation sites is 1. The molecule has 0 aliphatic rings. The topological polar surface area (TPSA) is 72.1 Å². The Hall–Kier alpha value is -8.96. The molecule has 0 aliphatic heterocycles. The number of furan rings is 1. The minimum absolute atomic E-state index is 0.453. The zero-order valence-corrected chi connectivity index (χ0v) is 38.8. The van der Waals surface area contributed by atoms with Crippen molar-refractivity contribution < 1.29 is 8.98 Å². The fourth-order valence-electron chi connectivity index (χ4n) is 9.35. The van der Waals surface area contributed by atoms with Crippen molar-refractivity contribution in [2.45, 2.75) is 0 Å². The summed E-state index contributed by atoms with van der Waals surface area (Å²) in [7, 11) is -3.31. The summed E-state index contributed by atoms with van der Waals surface area (Å²) in [5, 5.41) is 4.14. The van der Waals surface area contributed by atoms with Gasteiger partial charge in [0.2, 0.25) is 0 Å². The van der Waals surface area contributed by atoms with Crippen LogP contribution in [0.25, 0.3) is 78.4 Å². The number of anilines is 3. The van der Waals surface area contributed by atoms with E-state index in [0.717, 1.165) is 77.4 Å². The average Bonchev–Trinajstić information content (AvgIpc) is 3.83. The predicted molar refractivity (Wildman–Crippen MR) is 288 cm³/mol. The van der Waals surface area contributed by atoms with Gasteiger partial charge < -0.3 is 13.9 Å². The van der Waals surface area contributed by atoms with Gasteiger partial charge in [0.05, 0.1) is 11.1 Å². The van der Waals surface area contributed by atoms with E-state index in [-0.39, 0.29) is 0 Å². The zero-order chi connectivity index (χ0) is 46.9. The minimum Gasteiger partial charge on any atom is -0.456 e. The number of fused-ring (bicyclic) bond motifs is 3. The Morgan fingerprint density at radius 2 is 0.743 bits per heavy atom. The van der Waals surface area contributed by atoms with Crippen molar-refractivity contribution in [3.63, 3.8) is 0 Å². The summed E-state index contributed by atoms with van der Waals surface area (Å²) in [4.78, 5) is 18.0. The molecule has 7 heteroatoms. The van der Waals surface area contributed by atoms with E-state index in [0.29, 0.717) is 33.9 Å². The molecule has 12 aromatic rings. The van der Waals surface area contributed by atoms with Crippen LogP contribution in [0.4, 0.5) is 17.1 Å². The maximum absolute atomic E-state index is 15.6. The van der Waals surface area contributed by atoms with E-state index in [9.17, 15) is 0 Å². The number of nitrogens with zero attached hydrogens (tertiary/aromatic N) is 4. The standard InChI is InChI=1S/C63H43N4O2P/c68-70(53-26-12-4-13-27-53,54-28-14-5-15-29-54)55-30-18-25-49(41-55)62-64-61(48-23-10-3-11-24-48)65-63(66-62)50-42-57(60-56-31-16-17-32-58(56)69-59(60)43-50)67(51-37-33-46(34-38-51)44-19-6-1-7-20-44)52-39-35-47(36-40-52)45-21-8-2-9-22-45/h1-43H. The summed E-state index contributed by atoms with van der Waals surface area (Å²) < 4.78 is 22.4. The highest BCUT2D eigenvalue weighted by Gasteiger charge is 2.30. The molecule has 0 bridgehead atoms. The second kappa shape index (κ2) is 18.3. The van der Waals surface area contributed by atoms with Crippen molar-refractivity contribution in [2.75, 3.05) is 4.90 Å². The zero-order valence-electron chi connectivity index (χ0n) is 37.9. The molecule has 0 aliphatic carbocycles. The average molecular weight is 919 g/mol. The number of hydrogen-bond donors (Lipinski definition) is 0. The van der Waals surface area contributed by atoms with Gasteiger partial charge in [0.15, 0.2) is 24.6 Å². The molecule has 0 fully saturated rings. The van der Waals surface area contributed by atoms with Gasteiger partial charge in [0.25, 0.3) is 0 Å². The molecule has 70 heavy (non-hydrogen) atoms. The number of benzene rings is 10.